The Kier molecular flexibility index (Phi) is 1.29. The minimum Gasteiger partial charge on any atom is -0.195 e. The molecule has 10 heavy (non-hydrogen) atoms. The fourth-order valence-electron chi connectivity index (χ4n) is 0.350. The maximum Gasteiger partial charge on any atom is 0.435 e. The Labute approximate surface area is 58.8 Å². The molecule has 3 nitrogen and oxygen atoms in total. The van der Waals surface area contributed by atoms with Gasteiger partial charge in [0, 0.05) is 0 Å². The van der Waals surface area contributed by atoms with Gasteiger partial charge in [0.05, 0.1) is 0 Å². The largest absolute Gasteiger partial charge is 0.435 e. The number of hydrogen-bond acceptors (Lipinski definition) is 3. The van der Waals surface area contributed by atoms with Crippen molar-refractivity contribution in [3.63, 3.8) is 0 Å². The van der Waals surface area contributed by atoms with Gasteiger partial charge in [0.1, 0.15) is 0 Å². The van der Waals surface area contributed by atoms with Crippen LogP contribution in [0.4, 0.5) is 13.2 Å². The summed E-state index contributed by atoms with van der Waals surface area (Å²) in [5, 5.41) is 0. The van der Waals surface area contributed by atoms with E-state index in [2.05, 4.69) is 15.8 Å². The van der Waals surface area contributed by atoms with Crippen LogP contribution in [0, 0.1) is 0 Å². The monoisotopic (exact) mass is 196 g/mol. The fraction of sp³-hybridized carbons (Fsp3) is 1.00. The average molecular weight is 197 g/mol. The summed E-state index contributed by atoms with van der Waals surface area (Å²) >= 11 is 4.26. The second kappa shape index (κ2) is 1.59. The molecular weight excluding hydrogens is 197 g/mol. The van der Waals surface area contributed by atoms with Gasteiger partial charge in [-0.05, 0) is 0 Å². The van der Waals surface area contributed by atoms with Crippen molar-refractivity contribution < 1.29 is 25.8 Å². The van der Waals surface area contributed by atoms with Crippen molar-refractivity contribution in [3.05, 3.63) is 0 Å². The van der Waals surface area contributed by atoms with E-state index < -0.39 is 20.7 Å². The molecule has 1 unspecified atom stereocenters. The van der Waals surface area contributed by atoms with Crippen LogP contribution in [-0.2, 0) is 14.3 Å². The van der Waals surface area contributed by atoms with Crippen LogP contribution >= 0.6 is 11.6 Å². The van der Waals surface area contributed by atoms with E-state index in [4.69, 9.17) is 0 Å². The molecule has 0 bridgehead atoms. The highest BCUT2D eigenvalue weighted by molar-refractivity contribution is 7.90. The van der Waals surface area contributed by atoms with Gasteiger partial charge in [-0.1, -0.05) is 11.6 Å². The van der Waals surface area contributed by atoms with E-state index in [1.807, 2.05) is 0 Å². The van der Waals surface area contributed by atoms with Gasteiger partial charge in [-0.15, -0.1) is 0 Å². The number of halogens is 4. The van der Waals surface area contributed by atoms with Crippen LogP contribution in [0.5, 0.6) is 0 Å². The Balaban J connectivity index is 3.08. The summed E-state index contributed by atoms with van der Waals surface area (Å²) in [7, 11) is -4.92. The molecule has 1 rings (SSSR count). The molecular formula is C2ClF3O3S. The second-order valence-electron chi connectivity index (χ2n) is 1.57. The van der Waals surface area contributed by atoms with E-state index >= 15 is 0 Å². The van der Waals surface area contributed by atoms with Crippen LogP contribution in [0.3, 0.4) is 0 Å². The maximum absolute atomic E-state index is 12.1. The Morgan fingerprint density at radius 1 is 1.30 bits per heavy atom. The number of hydrogen-bond donors (Lipinski definition) is 0. The molecule has 8 heteroatoms. The van der Waals surface area contributed by atoms with Crippen molar-refractivity contribution in [2.24, 2.45) is 0 Å². The van der Waals surface area contributed by atoms with Crippen molar-refractivity contribution in [1.82, 2.24) is 0 Å². The molecule has 0 aromatic heterocycles. The quantitative estimate of drug-likeness (QED) is 0.425. The van der Waals surface area contributed by atoms with E-state index in [0.29, 0.717) is 0 Å². The van der Waals surface area contributed by atoms with Gasteiger partial charge in [0.2, 0.25) is 0 Å². The SMILES string of the molecule is O=S1(=O)OC(F)(F)C1(F)Cl. The molecule has 0 saturated carbocycles. The molecule has 1 aliphatic heterocycles. The van der Waals surface area contributed by atoms with E-state index in [9.17, 15) is 21.6 Å². The minimum absolute atomic E-state index is 2.86. The Morgan fingerprint density at radius 2 is 1.70 bits per heavy atom. The minimum atomic E-state index is -4.92. The van der Waals surface area contributed by atoms with Crippen LogP contribution in [0.15, 0.2) is 0 Å². The Bertz CT molecular complexity index is 257. The molecule has 1 heterocycles. The third kappa shape index (κ3) is 0.678. The standard InChI is InChI=1S/C2ClF3O3S/c3-1(4)2(5,6)9-10(1,7)8. The Hall–Kier alpha value is -0.0100. The molecule has 0 aromatic carbocycles. The highest BCUT2D eigenvalue weighted by Gasteiger charge is 2.78. The lowest BCUT2D eigenvalue weighted by Crippen LogP contribution is -2.60. The lowest BCUT2D eigenvalue weighted by molar-refractivity contribution is -0.248. The molecule has 0 spiro atoms. The first-order chi connectivity index (χ1) is 4.21. The highest BCUT2D eigenvalue weighted by Crippen LogP contribution is 2.52. The van der Waals surface area contributed by atoms with E-state index in [0.717, 1.165) is 0 Å². The molecule has 60 valence electrons. The molecule has 1 fully saturated rings. The first-order valence-corrected chi connectivity index (χ1v) is 3.70. The van der Waals surface area contributed by atoms with Crippen molar-refractivity contribution >= 4 is 21.7 Å². The molecule has 0 amide bonds. The van der Waals surface area contributed by atoms with Gasteiger partial charge >= 0.3 is 20.7 Å². The van der Waals surface area contributed by atoms with Gasteiger partial charge in [0.25, 0.3) is 0 Å². The zero-order valence-corrected chi connectivity index (χ0v) is 5.72. The molecule has 1 aliphatic rings. The number of rotatable bonds is 0. The highest BCUT2D eigenvalue weighted by atomic mass is 35.5. The second-order valence-corrected chi connectivity index (χ2v) is 3.95. The zero-order chi connectivity index (χ0) is 8.21. The predicted octanol–water partition coefficient (Wildman–Crippen LogP) is 0.801. The zero-order valence-electron chi connectivity index (χ0n) is 4.14. The van der Waals surface area contributed by atoms with Crippen LogP contribution in [0.2, 0.25) is 0 Å². The molecule has 0 radical (unpaired) electrons. The number of alkyl halides is 4. The van der Waals surface area contributed by atoms with Crippen LogP contribution in [0.1, 0.15) is 0 Å². The summed E-state index contributed by atoms with van der Waals surface area (Å²) in [6, 6.07) is 0. The molecule has 1 atom stereocenters. The topological polar surface area (TPSA) is 43.4 Å². The van der Waals surface area contributed by atoms with E-state index in [1.165, 1.54) is 0 Å². The summed E-state index contributed by atoms with van der Waals surface area (Å²) in [6.45, 7) is 0. The third-order valence-corrected chi connectivity index (χ3v) is 2.95. The average Bonchev–Trinajstić information content (AvgIpc) is 1.61. The van der Waals surface area contributed by atoms with Crippen molar-refractivity contribution in [2.75, 3.05) is 0 Å². The van der Waals surface area contributed by atoms with Crippen LogP contribution in [0.25, 0.3) is 0 Å². The normalized spacial score (nSPS) is 42.4. The predicted molar refractivity (Wildman–Crippen MR) is 24.6 cm³/mol. The lowest BCUT2D eigenvalue weighted by atomic mass is 10.7. The molecule has 0 aliphatic carbocycles. The van der Waals surface area contributed by atoms with Crippen molar-refractivity contribution in [3.8, 4) is 0 Å². The van der Waals surface area contributed by atoms with Crippen molar-refractivity contribution in [2.45, 2.75) is 10.6 Å². The summed E-state index contributed by atoms with van der Waals surface area (Å²) in [6.07, 6.45) is -4.44. The molecule has 0 N–H and O–H groups in total. The van der Waals surface area contributed by atoms with Gasteiger partial charge in [-0.3, -0.25) is 0 Å². The fourth-order valence-corrected chi connectivity index (χ4v) is 1.24. The first-order valence-electron chi connectivity index (χ1n) is 1.91. The van der Waals surface area contributed by atoms with Crippen molar-refractivity contribution in [1.29, 1.82) is 0 Å². The third-order valence-electron chi connectivity index (χ3n) is 0.867. The van der Waals surface area contributed by atoms with Gasteiger partial charge < -0.3 is 0 Å². The van der Waals surface area contributed by atoms with Gasteiger partial charge in [-0.2, -0.15) is 25.8 Å². The van der Waals surface area contributed by atoms with Crippen LogP contribution < -0.4 is 0 Å². The van der Waals surface area contributed by atoms with Gasteiger partial charge in [0.15, 0.2) is 0 Å². The van der Waals surface area contributed by atoms with E-state index in [-0.39, 0.29) is 0 Å². The summed E-state index contributed by atoms with van der Waals surface area (Å²) in [5.74, 6) is 0. The molecule has 1 saturated heterocycles. The van der Waals surface area contributed by atoms with Crippen LogP contribution in [-0.4, -0.2) is 19.0 Å². The van der Waals surface area contributed by atoms with E-state index in [1.54, 1.807) is 0 Å². The lowest BCUT2D eigenvalue weighted by Gasteiger charge is -2.34. The molecule has 0 aromatic rings. The Morgan fingerprint density at radius 3 is 1.70 bits per heavy atom. The first kappa shape index (κ1) is 8.09. The maximum atomic E-state index is 12.1. The summed E-state index contributed by atoms with van der Waals surface area (Å²) < 4.78 is 54.1. The summed E-state index contributed by atoms with van der Waals surface area (Å²) in [5.41, 5.74) is 0. The smallest absolute Gasteiger partial charge is 0.195 e. The van der Waals surface area contributed by atoms with Gasteiger partial charge in [-0.25, -0.2) is 0 Å². The summed E-state index contributed by atoms with van der Waals surface area (Å²) in [4.78, 5) is 0.